The summed E-state index contributed by atoms with van der Waals surface area (Å²) in [4.78, 5) is 10.6. The van der Waals surface area contributed by atoms with Crippen LogP contribution in [0.15, 0.2) is 23.3 Å². The molecule has 2 rings (SSSR count). The van der Waals surface area contributed by atoms with Crippen molar-refractivity contribution in [2.45, 2.75) is 26.3 Å². The van der Waals surface area contributed by atoms with E-state index in [9.17, 15) is 0 Å². The number of hydrogen-bond acceptors (Lipinski definition) is 2. The first kappa shape index (κ1) is 16.5. The zero-order valence-electron chi connectivity index (χ0n) is 11.1. The van der Waals surface area contributed by atoms with Gasteiger partial charge < -0.3 is 10.6 Å². The molecule has 106 valence electrons. The van der Waals surface area contributed by atoms with E-state index >= 15 is 0 Å². The van der Waals surface area contributed by atoms with Gasteiger partial charge in [-0.25, -0.2) is 9.98 Å². The SMILES string of the molecule is CC1CCCN(C(N)=NCc2ccc(Cl)nc2)C1.I. The number of nitrogens with zero attached hydrogens (tertiary/aromatic N) is 3. The van der Waals surface area contributed by atoms with E-state index in [2.05, 4.69) is 21.8 Å². The number of likely N-dealkylation sites (tertiary alicyclic amines) is 1. The normalized spacial score (nSPS) is 20.0. The van der Waals surface area contributed by atoms with Crippen molar-refractivity contribution in [2.24, 2.45) is 16.6 Å². The van der Waals surface area contributed by atoms with E-state index in [0.29, 0.717) is 23.6 Å². The third-order valence-electron chi connectivity index (χ3n) is 3.19. The van der Waals surface area contributed by atoms with E-state index in [1.54, 1.807) is 12.3 Å². The summed E-state index contributed by atoms with van der Waals surface area (Å²) in [6.07, 6.45) is 4.21. The number of halogens is 2. The Labute approximate surface area is 136 Å². The van der Waals surface area contributed by atoms with Gasteiger partial charge in [-0.2, -0.15) is 0 Å². The predicted molar refractivity (Wildman–Crippen MR) is 90.0 cm³/mol. The summed E-state index contributed by atoms with van der Waals surface area (Å²) < 4.78 is 0. The molecule has 1 fully saturated rings. The lowest BCUT2D eigenvalue weighted by molar-refractivity contribution is 0.270. The third kappa shape index (κ3) is 5.14. The summed E-state index contributed by atoms with van der Waals surface area (Å²) in [6, 6.07) is 3.69. The van der Waals surface area contributed by atoms with Gasteiger partial charge in [0.05, 0.1) is 6.54 Å². The summed E-state index contributed by atoms with van der Waals surface area (Å²) in [5, 5.41) is 0.501. The molecular formula is C13H20ClIN4. The topological polar surface area (TPSA) is 54.5 Å². The van der Waals surface area contributed by atoms with Crippen molar-refractivity contribution in [3.8, 4) is 0 Å². The lowest BCUT2D eigenvalue weighted by Crippen LogP contribution is -2.43. The standard InChI is InChI=1S/C13H19ClN4.HI/c1-10-3-2-6-18(9-10)13(15)17-8-11-4-5-12(14)16-7-11;/h4-5,7,10H,2-3,6,8-9H2,1H3,(H2,15,17);1H. The van der Waals surface area contributed by atoms with Gasteiger partial charge in [-0.3, -0.25) is 0 Å². The van der Waals surface area contributed by atoms with Crippen LogP contribution < -0.4 is 5.73 Å². The minimum atomic E-state index is 0. The van der Waals surface area contributed by atoms with Gasteiger partial charge in [0.15, 0.2) is 5.96 Å². The molecule has 1 atom stereocenters. The quantitative estimate of drug-likeness (QED) is 0.363. The monoisotopic (exact) mass is 394 g/mol. The van der Waals surface area contributed by atoms with E-state index in [4.69, 9.17) is 17.3 Å². The van der Waals surface area contributed by atoms with Gasteiger partial charge in [0.25, 0.3) is 0 Å². The van der Waals surface area contributed by atoms with Crippen LogP contribution in [0.25, 0.3) is 0 Å². The predicted octanol–water partition coefficient (Wildman–Crippen LogP) is 2.90. The second kappa shape index (κ2) is 7.89. The molecule has 2 heterocycles. The fourth-order valence-corrected chi connectivity index (χ4v) is 2.28. The summed E-state index contributed by atoms with van der Waals surface area (Å²) in [7, 11) is 0. The Morgan fingerprint density at radius 3 is 3.00 bits per heavy atom. The zero-order valence-corrected chi connectivity index (χ0v) is 14.1. The van der Waals surface area contributed by atoms with Crippen LogP contribution in [0.4, 0.5) is 0 Å². The van der Waals surface area contributed by atoms with Crippen LogP contribution in [0.1, 0.15) is 25.3 Å². The zero-order chi connectivity index (χ0) is 13.0. The minimum Gasteiger partial charge on any atom is -0.370 e. The highest BCUT2D eigenvalue weighted by Gasteiger charge is 2.17. The van der Waals surface area contributed by atoms with Crippen molar-refractivity contribution in [1.29, 1.82) is 0 Å². The highest BCUT2D eigenvalue weighted by Crippen LogP contribution is 2.15. The van der Waals surface area contributed by atoms with Crippen LogP contribution in [0, 0.1) is 5.92 Å². The molecule has 1 aliphatic heterocycles. The maximum absolute atomic E-state index is 6.02. The van der Waals surface area contributed by atoms with E-state index in [1.165, 1.54) is 12.8 Å². The largest absolute Gasteiger partial charge is 0.370 e. The van der Waals surface area contributed by atoms with Gasteiger partial charge in [-0.1, -0.05) is 24.6 Å². The van der Waals surface area contributed by atoms with E-state index < -0.39 is 0 Å². The van der Waals surface area contributed by atoms with Gasteiger partial charge in [-0.05, 0) is 30.4 Å². The van der Waals surface area contributed by atoms with Crippen LogP contribution >= 0.6 is 35.6 Å². The molecule has 1 aromatic heterocycles. The molecule has 19 heavy (non-hydrogen) atoms. The molecular weight excluding hydrogens is 375 g/mol. The van der Waals surface area contributed by atoms with Gasteiger partial charge in [0.1, 0.15) is 5.15 Å². The number of piperidine rings is 1. The molecule has 1 aliphatic rings. The Kier molecular flexibility index (Phi) is 6.85. The van der Waals surface area contributed by atoms with Crippen molar-refractivity contribution in [3.05, 3.63) is 29.0 Å². The molecule has 0 radical (unpaired) electrons. The molecule has 0 saturated carbocycles. The summed E-state index contributed by atoms with van der Waals surface area (Å²) >= 11 is 5.73. The van der Waals surface area contributed by atoms with Gasteiger partial charge in [0.2, 0.25) is 0 Å². The Balaban J connectivity index is 0.00000180. The number of nitrogens with two attached hydrogens (primary N) is 1. The smallest absolute Gasteiger partial charge is 0.191 e. The number of guanidine groups is 1. The van der Waals surface area contributed by atoms with E-state index in [0.717, 1.165) is 18.7 Å². The van der Waals surface area contributed by atoms with Gasteiger partial charge in [-0.15, -0.1) is 24.0 Å². The first-order valence-electron chi connectivity index (χ1n) is 6.30. The van der Waals surface area contributed by atoms with Crippen molar-refractivity contribution < 1.29 is 0 Å². The van der Waals surface area contributed by atoms with Crippen LogP contribution in [0.3, 0.4) is 0 Å². The molecule has 0 spiro atoms. The first-order valence-corrected chi connectivity index (χ1v) is 6.68. The number of rotatable bonds is 2. The average Bonchev–Trinajstić information content (AvgIpc) is 2.38. The Hall–Kier alpha value is -0.560. The number of hydrogen-bond donors (Lipinski definition) is 1. The van der Waals surface area contributed by atoms with Crippen LogP contribution in [-0.4, -0.2) is 28.9 Å². The van der Waals surface area contributed by atoms with E-state index in [-0.39, 0.29) is 24.0 Å². The van der Waals surface area contributed by atoms with Crippen molar-refractivity contribution in [2.75, 3.05) is 13.1 Å². The Bertz CT molecular complexity index is 421. The van der Waals surface area contributed by atoms with Crippen molar-refractivity contribution in [1.82, 2.24) is 9.88 Å². The van der Waals surface area contributed by atoms with Crippen LogP contribution in [-0.2, 0) is 6.54 Å². The molecule has 0 aliphatic carbocycles. The number of pyridine rings is 1. The average molecular weight is 395 g/mol. The highest BCUT2D eigenvalue weighted by molar-refractivity contribution is 14.0. The van der Waals surface area contributed by atoms with Crippen LogP contribution in [0.5, 0.6) is 0 Å². The number of aromatic nitrogens is 1. The first-order chi connectivity index (χ1) is 8.65. The Morgan fingerprint density at radius 1 is 1.58 bits per heavy atom. The second-order valence-corrected chi connectivity index (χ2v) is 5.24. The molecule has 1 saturated heterocycles. The molecule has 1 aromatic rings. The molecule has 6 heteroatoms. The lowest BCUT2D eigenvalue weighted by atomic mass is 10.0. The second-order valence-electron chi connectivity index (χ2n) is 4.86. The molecule has 0 aromatic carbocycles. The maximum atomic E-state index is 6.02. The lowest BCUT2D eigenvalue weighted by Gasteiger charge is -2.31. The molecule has 4 nitrogen and oxygen atoms in total. The molecule has 0 bridgehead atoms. The molecule has 1 unspecified atom stereocenters. The summed E-state index contributed by atoms with van der Waals surface area (Å²) in [5.74, 6) is 1.33. The van der Waals surface area contributed by atoms with Crippen molar-refractivity contribution in [3.63, 3.8) is 0 Å². The van der Waals surface area contributed by atoms with Gasteiger partial charge in [0, 0.05) is 19.3 Å². The number of aliphatic imine (C=N–C) groups is 1. The fraction of sp³-hybridized carbons (Fsp3) is 0.538. The van der Waals surface area contributed by atoms with Gasteiger partial charge >= 0.3 is 0 Å². The summed E-state index contributed by atoms with van der Waals surface area (Å²) in [6.45, 7) is 4.83. The van der Waals surface area contributed by atoms with Crippen LogP contribution in [0.2, 0.25) is 5.15 Å². The highest BCUT2D eigenvalue weighted by atomic mass is 127. The maximum Gasteiger partial charge on any atom is 0.191 e. The summed E-state index contributed by atoms with van der Waals surface area (Å²) in [5.41, 5.74) is 7.04. The third-order valence-corrected chi connectivity index (χ3v) is 3.42. The fourth-order valence-electron chi connectivity index (χ4n) is 2.17. The van der Waals surface area contributed by atoms with Crippen molar-refractivity contribution >= 4 is 41.5 Å². The Morgan fingerprint density at radius 2 is 2.37 bits per heavy atom. The molecule has 0 amide bonds. The van der Waals surface area contributed by atoms with E-state index in [1.807, 2.05) is 6.07 Å². The molecule has 2 N–H and O–H groups in total. The minimum absolute atomic E-state index is 0.